The highest BCUT2D eigenvalue weighted by molar-refractivity contribution is 6.00. The predicted molar refractivity (Wildman–Crippen MR) is 76.7 cm³/mol. The standard InChI is InChI=1S/C16H13F2NO3/c17-13-8-6-12(7-9-13)16(20)15(18)14(10-19(21)22)11-4-2-1-3-5-11/h1-9,14-15H,10H2/t14-,15-/m0/s1. The van der Waals surface area contributed by atoms with Crippen LogP contribution in [0.1, 0.15) is 21.8 Å². The highest BCUT2D eigenvalue weighted by atomic mass is 19.1. The summed E-state index contributed by atoms with van der Waals surface area (Å²) in [5, 5.41) is 10.8. The molecule has 0 spiro atoms. The summed E-state index contributed by atoms with van der Waals surface area (Å²) in [7, 11) is 0. The fourth-order valence-corrected chi connectivity index (χ4v) is 2.18. The third-order valence-corrected chi connectivity index (χ3v) is 3.31. The van der Waals surface area contributed by atoms with Crippen LogP contribution in [0.3, 0.4) is 0 Å². The zero-order valence-corrected chi connectivity index (χ0v) is 11.5. The van der Waals surface area contributed by atoms with Crippen LogP contribution in [0.4, 0.5) is 8.78 Å². The van der Waals surface area contributed by atoms with E-state index in [-0.39, 0.29) is 5.56 Å². The molecule has 2 rings (SSSR count). The lowest BCUT2D eigenvalue weighted by Gasteiger charge is -2.17. The van der Waals surface area contributed by atoms with Crippen molar-refractivity contribution in [2.24, 2.45) is 0 Å². The molecule has 0 fully saturated rings. The molecule has 0 aliphatic rings. The van der Waals surface area contributed by atoms with Crippen molar-refractivity contribution < 1.29 is 18.5 Å². The Hall–Kier alpha value is -2.63. The second-order valence-corrected chi connectivity index (χ2v) is 4.81. The minimum Gasteiger partial charge on any atom is -0.291 e. The van der Waals surface area contributed by atoms with Gasteiger partial charge in [0.05, 0.1) is 5.92 Å². The fourth-order valence-electron chi connectivity index (χ4n) is 2.18. The Morgan fingerprint density at radius 3 is 2.23 bits per heavy atom. The van der Waals surface area contributed by atoms with Gasteiger partial charge in [-0.3, -0.25) is 14.9 Å². The summed E-state index contributed by atoms with van der Waals surface area (Å²) in [6.07, 6.45) is -2.07. The van der Waals surface area contributed by atoms with Crippen LogP contribution in [0.5, 0.6) is 0 Å². The van der Waals surface area contributed by atoms with E-state index in [2.05, 4.69) is 0 Å². The first-order valence-corrected chi connectivity index (χ1v) is 6.59. The highest BCUT2D eigenvalue weighted by Crippen LogP contribution is 2.25. The van der Waals surface area contributed by atoms with Crippen LogP contribution in [0.25, 0.3) is 0 Å². The molecule has 0 saturated carbocycles. The van der Waals surface area contributed by atoms with Gasteiger partial charge >= 0.3 is 0 Å². The van der Waals surface area contributed by atoms with Crippen LogP contribution in [-0.2, 0) is 0 Å². The topological polar surface area (TPSA) is 60.2 Å². The number of nitrogens with zero attached hydrogens (tertiary/aromatic N) is 1. The smallest absolute Gasteiger partial charge is 0.213 e. The maximum Gasteiger partial charge on any atom is 0.213 e. The predicted octanol–water partition coefficient (Wildman–Crippen LogP) is 3.41. The third-order valence-electron chi connectivity index (χ3n) is 3.31. The Kier molecular flexibility index (Phi) is 4.93. The van der Waals surface area contributed by atoms with Gasteiger partial charge in [0.2, 0.25) is 6.54 Å². The van der Waals surface area contributed by atoms with Crippen molar-refractivity contribution in [1.29, 1.82) is 0 Å². The van der Waals surface area contributed by atoms with E-state index in [0.29, 0.717) is 5.56 Å². The van der Waals surface area contributed by atoms with Crippen molar-refractivity contribution in [3.63, 3.8) is 0 Å². The van der Waals surface area contributed by atoms with E-state index in [1.165, 1.54) is 12.1 Å². The lowest BCUT2D eigenvalue weighted by molar-refractivity contribution is -0.484. The van der Waals surface area contributed by atoms with E-state index in [9.17, 15) is 23.7 Å². The molecule has 2 aromatic carbocycles. The summed E-state index contributed by atoms with van der Waals surface area (Å²) in [6, 6.07) is 12.4. The van der Waals surface area contributed by atoms with Crippen LogP contribution >= 0.6 is 0 Å². The van der Waals surface area contributed by atoms with Crippen LogP contribution in [-0.4, -0.2) is 23.4 Å². The Labute approximate surface area is 125 Å². The molecule has 0 aliphatic heterocycles. The summed E-state index contributed by atoms with van der Waals surface area (Å²) in [4.78, 5) is 22.3. The van der Waals surface area contributed by atoms with Crippen LogP contribution in [0.15, 0.2) is 54.6 Å². The first-order valence-electron chi connectivity index (χ1n) is 6.59. The molecule has 4 nitrogen and oxygen atoms in total. The van der Waals surface area contributed by atoms with Crippen LogP contribution < -0.4 is 0 Å². The van der Waals surface area contributed by atoms with Gasteiger partial charge in [0.1, 0.15) is 5.82 Å². The van der Waals surface area contributed by atoms with E-state index in [0.717, 1.165) is 12.1 Å². The maximum absolute atomic E-state index is 14.5. The molecular formula is C16H13F2NO3. The molecule has 2 atom stereocenters. The molecule has 0 saturated heterocycles. The molecule has 0 N–H and O–H groups in total. The molecule has 0 aromatic heterocycles. The summed E-state index contributed by atoms with van der Waals surface area (Å²) in [5.41, 5.74) is 0.361. The van der Waals surface area contributed by atoms with Crippen molar-refractivity contribution >= 4 is 5.78 Å². The Balaban J connectivity index is 2.28. The minimum absolute atomic E-state index is 0.0156. The summed E-state index contributed by atoms with van der Waals surface area (Å²) in [5.74, 6) is -2.62. The van der Waals surface area contributed by atoms with Gasteiger partial charge in [0.15, 0.2) is 12.0 Å². The number of carbonyl (C=O) groups is 1. The van der Waals surface area contributed by atoms with Gasteiger partial charge in [-0.2, -0.15) is 0 Å². The first-order chi connectivity index (χ1) is 10.5. The number of benzene rings is 2. The number of rotatable bonds is 6. The average molecular weight is 305 g/mol. The van der Waals surface area contributed by atoms with E-state index < -0.39 is 35.2 Å². The average Bonchev–Trinajstić information content (AvgIpc) is 2.52. The zero-order chi connectivity index (χ0) is 16.1. The van der Waals surface area contributed by atoms with E-state index in [4.69, 9.17) is 0 Å². The van der Waals surface area contributed by atoms with Gasteiger partial charge in [0, 0.05) is 10.5 Å². The number of ketones is 1. The number of halogens is 2. The molecule has 0 radical (unpaired) electrons. The molecule has 0 unspecified atom stereocenters. The Morgan fingerprint density at radius 2 is 1.68 bits per heavy atom. The summed E-state index contributed by atoms with van der Waals surface area (Å²) in [6.45, 7) is -0.696. The van der Waals surface area contributed by atoms with Crippen LogP contribution in [0, 0.1) is 15.9 Å². The van der Waals surface area contributed by atoms with Gasteiger partial charge in [-0.1, -0.05) is 30.3 Å². The number of alkyl halides is 1. The van der Waals surface area contributed by atoms with Gasteiger partial charge in [-0.05, 0) is 29.8 Å². The monoisotopic (exact) mass is 305 g/mol. The number of hydrogen-bond donors (Lipinski definition) is 0. The molecule has 6 heteroatoms. The molecule has 0 aliphatic carbocycles. The third kappa shape index (κ3) is 3.72. The van der Waals surface area contributed by atoms with E-state index in [1.807, 2.05) is 0 Å². The second-order valence-electron chi connectivity index (χ2n) is 4.81. The first kappa shape index (κ1) is 15.8. The van der Waals surface area contributed by atoms with Crippen molar-refractivity contribution in [3.05, 3.63) is 81.7 Å². The van der Waals surface area contributed by atoms with Gasteiger partial charge in [0.25, 0.3) is 0 Å². The van der Waals surface area contributed by atoms with E-state index in [1.54, 1.807) is 30.3 Å². The number of hydrogen-bond acceptors (Lipinski definition) is 3. The molecule has 114 valence electrons. The van der Waals surface area contributed by atoms with Crippen molar-refractivity contribution in [2.45, 2.75) is 12.1 Å². The highest BCUT2D eigenvalue weighted by Gasteiger charge is 2.33. The molecular weight excluding hydrogens is 292 g/mol. The number of Topliss-reactive ketones (excluding diaryl/α,β-unsaturated/α-hetero) is 1. The van der Waals surface area contributed by atoms with Gasteiger partial charge in [-0.25, -0.2) is 8.78 Å². The SMILES string of the molecule is O=C(c1ccc(F)cc1)[C@@H](F)[C@@H](C[N+](=O)[O-])c1ccccc1. The van der Waals surface area contributed by atoms with Crippen molar-refractivity contribution in [3.8, 4) is 0 Å². The Bertz CT molecular complexity index is 659. The number of carbonyl (C=O) groups excluding carboxylic acids is 1. The normalized spacial score (nSPS) is 13.4. The summed E-state index contributed by atoms with van der Waals surface area (Å²) < 4.78 is 27.4. The summed E-state index contributed by atoms with van der Waals surface area (Å²) >= 11 is 0. The molecule has 22 heavy (non-hydrogen) atoms. The second kappa shape index (κ2) is 6.89. The minimum atomic E-state index is -2.07. The molecule has 0 heterocycles. The number of nitro groups is 1. The lowest BCUT2D eigenvalue weighted by Crippen LogP contribution is -2.29. The van der Waals surface area contributed by atoms with Crippen molar-refractivity contribution in [2.75, 3.05) is 6.54 Å². The van der Waals surface area contributed by atoms with Crippen molar-refractivity contribution in [1.82, 2.24) is 0 Å². The van der Waals surface area contributed by atoms with E-state index >= 15 is 0 Å². The van der Waals surface area contributed by atoms with Gasteiger partial charge < -0.3 is 0 Å². The largest absolute Gasteiger partial charge is 0.291 e. The molecule has 2 aromatic rings. The lowest BCUT2D eigenvalue weighted by atomic mass is 9.90. The zero-order valence-electron chi connectivity index (χ0n) is 11.5. The molecule has 0 bridgehead atoms. The quantitative estimate of drug-likeness (QED) is 0.467. The molecule has 0 amide bonds. The fraction of sp³-hybridized carbons (Fsp3) is 0.188. The van der Waals surface area contributed by atoms with Crippen LogP contribution in [0.2, 0.25) is 0 Å². The van der Waals surface area contributed by atoms with Gasteiger partial charge in [-0.15, -0.1) is 0 Å². The Morgan fingerprint density at radius 1 is 1.09 bits per heavy atom. The maximum atomic E-state index is 14.5.